The average molecular weight is 471 g/mol. The van der Waals surface area contributed by atoms with Crippen molar-refractivity contribution in [3.8, 4) is 11.4 Å². The van der Waals surface area contributed by atoms with E-state index in [1.165, 1.54) is 22.9 Å². The Hall–Kier alpha value is -3.42. The van der Waals surface area contributed by atoms with Gasteiger partial charge in [0.05, 0.1) is 30.3 Å². The first kappa shape index (κ1) is 22.4. The second kappa shape index (κ2) is 10.2. The zero-order valence-corrected chi connectivity index (χ0v) is 19.9. The molecule has 1 amide bonds. The third-order valence-electron chi connectivity index (χ3n) is 5.97. The lowest BCUT2D eigenvalue weighted by atomic mass is 10.0. The molecule has 34 heavy (non-hydrogen) atoms. The highest BCUT2D eigenvalue weighted by molar-refractivity contribution is 7.99. The number of nitrogens with zero attached hydrogens (tertiary/aromatic N) is 4. The van der Waals surface area contributed by atoms with Crippen LogP contribution in [0.4, 0.5) is 11.4 Å². The van der Waals surface area contributed by atoms with Crippen LogP contribution in [0.2, 0.25) is 0 Å². The number of para-hydroxylation sites is 2. The average Bonchev–Trinajstić information content (AvgIpc) is 3.21. The summed E-state index contributed by atoms with van der Waals surface area (Å²) in [5.74, 6) is 1.05. The third-order valence-corrected chi connectivity index (χ3v) is 6.92. The van der Waals surface area contributed by atoms with E-state index < -0.39 is 0 Å². The molecule has 6 nitrogen and oxygen atoms in total. The number of rotatable bonds is 7. The first-order chi connectivity index (χ1) is 16.8. The molecule has 0 aliphatic carbocycles. The third kappa shape index (κ3) is 4.49. The summed E-state index contributed by atoms with van der Waals surface area (Å²) in [6.45, 7) is 1.14. The summed E-state index contributed by atoms with van der Waals surface area (Å²) < 4.78 is 7.34. The minimum Gasteiger partial charge on any atom is -0.383 e. The second-order valence-electron chi connectivity index (χ2n) is 8.09. The highest BCUT2D eigenvalue weighted by Gasteiger charge is 2.26. The number of methoxy groups -OCH3 is 1. The van der Waals surface area contributed by atoms with Crippen LogP contribution in [0.25, 0.3) is 11.4 Å². The van der Waals surface area contributed by atoms with Gasteiger partial charge in [0, 0.05) is 12.7 Å². The molecule has 0 saturated heterocycles. The van der Waals surface area contributed by atoms with E-state index in [2.05, 4.69) is 22.3 Å². The molecule has 0 fully saturated rings. The lowest BCUT2D eigenvalue weighted by molar-refractivity contribution is -0.115. The maximum atomic E-state index is 13.7. The van der Waals surface area contributed by atoms with Gasteiger partial charge in [-0.2, -0.15) is 0 Å². The van der Waals surface area contributed by atoms with Crippen molar-refractivity contribution in [2.45, 2.75) is 24.5 Å². The number of aromatic nitrogens is 3. The zero-order chi connectivity index (χ0) is 23.3. The quantitative estimate of drug-likeness (QED) is 0.350. The van der Waals surface area contributed by atoms with Crippen molar-refractivity contribution in [1.29, 1.82) is 0 Å². The Kier molecular flexibility index (Phi) is 6.74. The number of carbonyl (C=O) groups excluding carboxylic acids is 1. The zero-order valence-electron chi connectivity index (χ0n) is 19.1. The van der Waals surface area contributed by atoms with Crippen LogP contribution in [-0.4, -0.2) is 40.1 Å². The topological polar surface area (TPSA) is 60.2 Å². The number of fused-ring (bicyclic) bond motifs is 2. The molecule has 0 atom stereocenters. The van der Waals surface area contributed by atoms with E-state index in [-0.39, 0.29) is 11.7 Å². The van der Waals surface area contributed by atoms with Gasteiger partial charge in [0.25, 0.3) is 0 Å². The minimum absolute atomic E-state index is 0.0225. The van der Waals surface area contributed by atoms with Crippen molar-refractivity contribution >= 4 is 29.0 Å². The Bertz CT molecular complexity index is 1240. The molecule has 1 aromatic heterocycles. The molecule has 0 unspecified atom stereocenters. The predicted octanol–water partition coefficient (Wildman–Crippen LogP) is 5.15. The van der Waals surface area contributed by atoms with Gasteiger partial charge in [-0.05, 0) is 36.1 Å². The highest BCUT2D eigenvalue weighted by Crippen LogP contribution is 2.37. The SMILES string of the molecule is COCCn1c(SCC(=O)N2c3ccccc3CCc3ccccc32)nnc1-c1ccccc1. The van der Waals surface area contributed by atoms with E-state index in [0.717, 1.165) is 35.6 Å². The molecule has 172 valence electrons. The molecule has 0 spiro atoms. The van der Waals surface area contributed by atoms with Crippen molar-refractivity contribution in [1.82, 2.24) is 14.8 Å². The van der Waals surface area contributed by atoms with Gasteiger partial charge in [0.15, 0.2) is 11.0 Å². The molecule has 1 aliphatic heterocycles. The lowest BCUT2D eigenvalue weighted by Gasteiger charge is -2.25. The second-order valence-corrected chi connectivity index (χ2v) is 9.03. The molecule has 4 aromatic rings. The van der Waals surface area contributed by atoms with Crippen molar-refractivity contribution in [2.75, 3.05) is 24.4 Å². The van der Waals surface area contributed by atoms with E-state index in [1.807, 2.05) is 76.2 Å². The van der Waals surface area contributed by atoms with Crippen LogP contribution in [0.5, 0.6) is 0 Å². The number of ether oxygens (including phenoxy) is 1. The van der Waals surface area contributed by atoms with Gasteiger partial charge in [-0.25, -0.2) is 0 Å². The predicted molar refractivity (Wildman–Crippen MR) is 135 cm³/mol. The smallest absolute Gasteiger partial charge is 0.242 e. The summed E-state index contributed by atoms with van der Waals surface area (Å²) in [5, 5.41) is 9.56. The summed E-state index contributed by atoms with van der Waals surface area (Å²) in [6.07, 6.45) is 1.83. The Morgan fingerprint density at radius 2 is 1.50 bits per heavy atom. The van der Waals surface area contributed by atoms with Crippen molar-refractivity contribution < 1.29 is 9.53 Å². The summed E-state index contributed by atoms with van der Waals surface area (Å²) in [7, 11) is 1.68. The van der Waals surface area contributed by atoms with Gasteiger partial charge in [0.2, 0.25) is 5.91 Å². The van der Waals surface area contributed by atoms with Crippen LogP contribution in [0.1, 0.15) is 11.1 Å². The number of benzene rings is 3. The molecular formula is C27H26N4O2S. The van der Waals surface area contributed by atoms with Gasteiger partial charge in [-0.3, -0.25) is 14.3 Å². The van der Waals surface area contributed by atoms with Gasteiger partial charge in [-0.1, -0.05) is 78.5 Å². The number of hydrogen-bond donors (Lipinski definition) is 0. The lowest BCUT2D eigenvalue weighted by Crippen LogP contribution is -2.28. The van der Waals surface area contributed by atoms with E-state index >= 15 is 0 Å². The van der Waals surface area contributed by atoms with Crippen LogP contribution >= 0.6 is 11.8 Å². The molecule has 5 rings (SSSR count). The van der Waals surface area contributed by atoms with Crippen LogP contribution in [0.3, 0.4) is 0 Å². The molecule has 0 radical (unpaired) electrons. The van der Waals surface area contributed by atoms with E-state index in [9.17, 15) is 4.79 Å². The molecular weight excluding hydrogens is 444 g/mol. The van der Waals surface area contributed by atoms with Crippen LogP contribution in [0.15, 0.2) is 84.0 Å². The number of thioether (sulfide) groups is 1. The van der Waals surface area contributed by atoms with E-state index in [1.54, 1.807) is 7.11 Å². The molecule has 0 bridgehead atoms. The minimum atomic E-state index is 0.0225. The maximum absolute atomic E-state index is 13.7. The molecule has 0 N–H and O–H groups in total. The Balaban J connectivity index is 1.44. The van der Waals surface area contributed by atoms with E-state index in [0.29, 0.717) is 18.3 Å². The van der Waals surface area contributed by atoms with Gasteiger partial charge in [0.1, 0.15) is 0 Å². The van der Waals surface area contributed by atoms with Gasteiger partial charge < -0.3 is 4.74 Å². The van der Waals surface area contributed by atoms with Gasteiger partial charge >= 0.3 is 0 Å². The Morgan fingerprint density at radius 3 is 2.15 bits per heavy atom. The van der Waals surface area contributed by atoms with Gasteiger partial charge in [-0.15, -0.1) is 10.2 Å². The monoisotopic (exact) mass is 470 g/mol. The number of hydrogen-bond acceptors (Lipinski definition) is 5. The fraction of sp³-hybridized carbons (Fsp3) is 0.222. The Labute approximate surface area is 203 Å². The fourth-order valence-electron chi connectivity index (χ4n) is 4.32. The van der Waals surface area contributed by atoms with Crippen LogP contribution in [0, 0.1) is 0 Å². The summed E-state index contributed by atoms with van der Waals surface area (Å²) in [5.41, 5.74) is 5.28. The summed E-state index contributed by atoms with van der Waals surface area (Å²) >= 11 is 1.41. The molecule has 1 aliphatic rings. The van der Waals surface area contributed by atoms with Crippen molar-refractivity contribution in [3.63, 3.8) is 0 Å². The number of amides is 1. The number of aryl methyl sites for hydroxylation is 2. The normalized spacial score (nSPS) is 12.7. The number of carbonyl (C=O) groups is 1. The first-order valence-electron chi connectivity index (χ1n) is 11.4. The maximum Gasteiger partial charge on any atom is 0.242 e. The fourth-order valence-corrected chi connectivity index (χ4v) is 5.13. The Morgan fingerprint density at radius 1 is 0.882 bits per heavy atom. The summed E-state index contributed by atoms with van der Waals surface area (Å²) in [4.78, 5) is 15.5. The van der Waals surface area contributed by atoms with Crippen LogP contribution < -0.4 is 4.90 Å². The van der Waals surface area contributed by atoms with Crippen molar-refractivity contribution in [3.05, 3.63) is 90.0 Å². The standard InChI is InChI=1S/C27H26N4O2S/c1-33-18-17-30-26(22-11-3-2-4-12-22)28-29-27(30)34-19-25(32)31-23-13-7-5-9-20(23)15-16-21-10-6-8-14-24(21)31/h2-14H,15-19H2,1H3. The van der Waals surface area contributed by atoms with Crippen LogP contribution in [-0.2, 0) is 28.9 Å². The molecule has 3 aromatic carbocycles. The van der Waals surface area contributed by atoms with Crippen molar-refractivity contribution in [2.24, 2.45) is 0 Å². The molecule has 0 saturated carbocycles. The van der Waals surface area contributed by atoms with E-state index in [4.69, 9.17) is 4.74 Å². The highest BCUT2D eigenvalue weighted by atomic mass is 32.2. The summed E-state index contributed by atoms with van der Waals surface area (Å²) in [6, 6.07) is 26.3. The largest absolute Gasteiger partial charge is 0.383 e. The molecule has 2 heterocycles. The first-order valence-corrected chi connectivity index (χ1v) is 12.3. The molecule has 7 heteroatoms. The number of anilines is 2.